The fraction of sp³-hybridized carbons (Fsp3) is 0.368. The predicted octanol–water partition coefficient (Wildman–Crippen LogP) is 5.35. The van der Waals surface area contributed by atoms with E-state index in [1.165, 1.54) is 29.5 Å². The zero-order valence-corrected chi connectivity index (χ0v) is 14.3. The number of halogens is 1. The first-order valence-corrected chi connectivity index (χ1v) is 8.44. The van der Waals surface area contributed by atoms with Crippen LogP contribution < -0.4 is 5.32 Å². The second-order valence-corrected chi connectivity index (χ2v) is 7.42. The molecule has 1 saturated carbocycles. The molecule has 0 spiro atoms. The molecule has 1 N–H and O–H groups in total. The number of nitrogens with one attached hydrogen (secondary N) is 1. The van der Waals surface area contributed by atoms with Crippen LogP contribution in [0.25, 0.3) is 0 Å². The molecular weight excluding hydrogens is 322 g/mol. The zero-order valence-electron chi connectivity index (χ0n) is 12.7. The highest BCUT2D eigenvalue weighted by Crippen LogP contribution is 2.39. The summed E-state index contributed by atoms with van der Waals surface area (Å²) in [4.78, 5) is 0. The minimum Gasteiger partial charge on any atom is -0.304 e. The van der Waals surface area contributed by atoms with E-state index < -0.39 is 0 Å². The fourth-order valence-electron chi connectivity index (χ4n) is 2.62. The summed E-state index contributed by atoms with van der Waals surface area (Å²) >= 11 is 3.49. The first-order valence-electron chi connectivity index (χ1n) is 7.64. The molecule has 0 amide bonds. The topological polar surface area (TPSA) is 12.0 Å². The smallest absolute Gasteiger partial charge is 0.0380 e. The predicted molar refractivity (Wildman–Crippen MR) is 92.4 cm³/mol. The van der Waals surface area contributed by atoms with E-state index in [-0.39, 0.29) is 5.54 Å². The number of benzene rings is 2. The summed E-state index contributed by atoms with van der Waals surface area (Å²) in [5, 5.41) is 3.66. The molecule has 1 fully saturated rings. The largest absolute Gasteiger partial charge is 0.304 e. The first kappa shape index (κ1) is 14.8. The van der Waals surface area contributed by atoms with Crippen LogP contribution in [0.3, 0.4) is 0 Å². The summed E-state index contributed by atoms with van der Waals surface area (Å²) in [5.74, 6) is 0.839. The van der Waals surface area contributed by atoms with Gasteiger partial charge in [0.2, 0.25) is 0 Å². The third-order valence-corrected chi connectivity index (χ3v) is 4.86. The summed E-state index contributed by atoms with van der Waals surface area (Å²) in [6.07, 6.45) is 2.74. The minimum absolute atomic E-state index is 0.0319. The van der Waals surface area contributed by atoms with Crippen LogP contribution in [0, 0.1) is 0 Å². The molecule has 1 aliphatic rings. The highest BCUT2D eigenvalue weighted by molar-refractivity contribution is 9.10. The van der Waals surface area contributed by atoms with Gasteiger partial charge in [-0.25, -0.2) is 0 Å². The fourth-order valence-corrected chi connectivity index (χ4v) is 2.88. The summed E-state index contributed by atoms with van der Waals surface area (Å²) in [6, 6.07) is 17.7. The van der Waals surface area contributed by atoms with Crippen molar-refractivity contribution in [3.8, 4) is 0 Å². The van der Waals surface area contributed by atoms with Gasteiger partial charge in [-0.1, -0.05) is 52.3 Å². The van der Waals surface area contributed by atoms with Crippen molar-refractivity contribution in [1.29, 1.82) is 0 Å². The van der Waals surface area contributed by atoms with E-state index in [1.807, 2.05) is 0 Å². The van der Waals surface area contributed by atoms with E-state index >= 15 is 0 Å². The molecule has 2 heteroatoms. The van der Waals surface area contributed by atoms with Gasteiger partial charge in [0, 0.05) is 16.6 Å². The lowest BCUT2D eigenvalue weighted by Crippen LogP contribution is -2.35. The SMILES string of the molecule is CC(C)(NCc1ccc(C2CC2)cc1)c1ccc(Br)cc1. The van der Waals surface area contributed by atoms with Crippen molar-refractivity contribution in [2.75, 3.05) is 0 Å². The third-order valence-electron chi connectivity index (χ3n) is 4.33. The number of hydrogen-bond acceptors (Lipinski definition) is 1. The molecule has 3 rings (SSSR count). The molecule has 2 aromatic carbocycles. The average Bonchev–Trinajstić information content (AvgIpc) is 3.31. The molecule has 0 saturated heterocycles. The maximum atomic E-state index is 3.66. The van der Waals surface area contributed by atoms with Crippen LogP contribution in [0.1, 0.15) is 49.3 Å². The molecule has 0 unspecified atom stereocenters. The standard InChI is InChI=1S/C19H22BrN/c1-19(2,17-9-11-18(20)12-10-17)21-13-14-3-5-15(6-4-14)16-7-8-16/h3-6,9-12,16,21H,7-8,13H2,1-2H3. The van der Waals surface area contributed by atoms with Gasteiger partial charge in [-0.05, 0) is 61.4 Å². The van der Waals surface area contributed by atoms with E-state index in [0.29, 0.717) is 0 Å². The molecule has 110 valence electrons. The molecule has 0 aromatic heterocycles. The van der Waals surface area contributed by atoms with Gasteiger partial charge in [0.15, 0.2) is 0 Å². The maximum absolute atomic E-state index is 3.66. The lowest BCUT2D eigenvalue weighted by atomic mass is 9.94. The van der Waals surface area contributed by atoms with Gasteiger partial charge >= 0.3 is 0 Å². The van der Waals surface area contributed by atoms with E-state index in [0.717, 1.165) is 16.9 Å². The quantitative estimate of drug-likeness (QED) is 0.771. The van der Waals surface area contributed by atoms with Gasteiger partial charge in [-0.3, -0.25) is 0 Å². The van der Waals surface area contributed by atoms with Gasteiger partial charge < -0.3 is 5.32 Å². The van der Waals surface area contributed by atoms with Crippen LogP contribution in [0.5, 0.6) is 0 Å². The summed E-state index contributed by atoms with van der Waals surface area (Å²) in [7, 11) is 0. The third kappa shape index (κ3) is 3.75. The Balaban J connectivity index is 1.63. The molecule has 0 heterocycles. The van der Waals surface area contributed by atoms with Crippen LogP contribution in [0.4, 0.5) is 0 Å². The zero-order chi connectivity index (χ0) is 14.9. The first-order chi connectivity index (χ1) is 10.0. The Morgan fingerprint density at radius 2 is 1.62 bits per heavy atom. The Kier molecular flexibility index (Phi) is 4.19. The lowest BCUT2D eigenvalue weighted by Gasteiger charge is -2.27. The van der Waals surface area contributed by atoms with Crippen LogP contribution in [0.2, 0.25) is 0 Å². The normalized spacial score (nSPS) is 15.2. The van der Waals surface area contributed by atoms with Gasteiger partial charge in [-0.15, -0.1) is 0 Å². The van der Waals surface area contributed by atoms with E-state index in [9.17, 15) is 0 Å². The number of hydrogen-bond donors (Lipinski definition) is 1. The van der Waals surface area contributed by atoms with Gasteiger partial charge in [-0.2, -0.15) is 0 Å². The van der Waals surface area contributed by atoms with Gasteiger partial charge in [0.05, 0.1) is 0 Å². The summed E-state index contributed by atoms with van der Waals surface area (Å²) in [6.45, 7) is 5.36. The Morgan fingerprint density at radius 3 is 2.19 bits per heavy atom. The van der Waals surface area contributed by atoms with E-state index in [1.54, 1.807) is 0 Å². The molecule has 1 nitrogen and oxygen atoms in total. The van der Waals surface area contributed by atoms with Gasteiger partial charge in [0.1, 0.15) is 0 Å². The molecule has 0 aliphatic heterocycles. The molecule has 0 atom stereocenters. The van der Waals surface area contributed by atoms with Crippen molar-refractivity contribution in [1.82, 2.24) is 5.32 Å². The Bertz CT molecular complexity index is 594. The maximum Gasteiger partial charge on any atom is 0.0380 e. The number of rotatable bonds is 5. The Morgan fingerprint density at radius 1 is 1.00 bits per heavy atom. The van der Waals surface area contributed by atoms with Gasteiger partial charge in [0.25, 0.3) is 0 Å². The van der Waals surface area contributed by atoms with Crippen LogP contribution in [0.15, 0.2) is 53.0 Å². The molecule has 21 heavy (non-hydrogen) atoms. The second kappa shape index (κ2) is 5.94. The van der Waals surface area contributed by atoms with Crippen molar-refractivity contribution in [3.05, 3.63) is 69.7 Å². The molecule has 0 radical (unpaired) electrons. The van der Waals surface area contributed by atoms with Crippen molar-refractivity contribution in [3.63, 3.8) is 0 Å². The average molecular weight is 344 g/mol. The van der Waals surface area contributed by atoms with Crippen LogP contribution in [-0.2, 0) is 12.1 Å². The Hall–Kier alpha value is -1.12. The van der Waals surface area contributed by atoms with Crippen LogP contribution in [-0.4, -0.2) is 0 Å². The second-order valence-electron chi connectivity index (χ2n) is 6.50. The van der Waals surface area contributed by atoms with E-state index in [2.05, 4.69) is 83.6 Å². The minimum atomic E-state index is -0.0319. The summed E-state index contributed by atoms with van der Waals surface area (Å²) in [5.41, 5.74) is 4.13. The molecule has 2 aromatic rings. The van der Waals surface area contributed by atoms with Crippen molar-refractivity contribution >= 4 is 15.9 Å². The molecular formula is C19H22BrN. The lowest BCUT2D eigenvalue weighted by molar-refractivity contribution is 0.401. The Labute approximate surface area is 135 Å². The van der Waals surface area contributed by atoms with Crippen molar-refractivity contribution in [2.45, 2.75) is 44.7 Å². The van der Waals surface area contributed by atoms with Crippen LogP contribution >= 0.6 is 15.9 Å². The molecule has 1 aliphatic carbocycles. The highest BCUT2D eigenvalue weighted by atomic mass is 79.9. The monoisotopic (exact) mass is 343 g/mol. The highest BCUT2D eigenvalue weighted by Gasteiger charge is 2.23. The summed E-state index contributed by atoms with van der Waals surface area (Å²) < 4.78 is 1.12. The molecule has 0 bridgehead atoms. The van der Waals surface area contributed by atoms with Crippen molar-refractivity contribution in [2.24, 2.45) is 0 Å². The van der Waals surface area contributed by atoms with Crippen molar-refractivity contribution < 1.29 is 0 Å². The van der Waals surface area contributed by atoms with E-state index in [4.69, 9.17) is 0 Å².